The number of piperidine rings is 1. The van der Waals surface area contributed by atoms with E-state index in [1.165, 1.54) is 70.8 Å². The van der Waals surface area contributed by atoms with E-state index in [2.05, 4.69) is 16.8 Å². The molecule has 2 fully saturated rings. The summed E-state index contributed by atoms with van der Waals surface area (Å²) in [5, 5.41) is 19.2. The van der Waals surface area contributed by atoms with E-state index in [1.54, 1.807) is 0 Å². The van der Waals surface area contributed by atoms with Gasteiger partial charge in [0.05, 0.1) is 12.7 Å². The highest BCUT2D eigenvalue weighted by molar-refractivity contribution is 4.81. The molecule has 2 unspecified atom stereocenters. The first-order chi connectivity index (χ1) is 11.7. The third kappa shape index (κ3) is 6.99. The smallest absolute Gasteiger partial charge is 0.0587 e. The number of rotatable bonds is 9. The first kappa shape index (κ1) is 20.2. The molecule has 1 heterocycles. The van der Waals surface area contributed by atoms with Crippen LogP contribution in [0.2, 0.25) is 0 Å². The van der Waals surface area contributed by atoms with E-state index in [0.29, 0.717) is 0 Å². The van der Waals surface area contributed by atoms with Gasteiger partial charge in [-0.1, -0.05) is 38.5 Å². The van der Waals surface area contributed by atoms with Gasteiger partial charge in [-0.15, -0.1) is 0 Å². The molecule has 24 heavy (non-hydrogen) atoms. The van der Waals surface area contributed by atoms with E-state index in [4.69, 9.17) is 0 Å². The maximum absolute atomic E-state index is 9.70. The number of nitrogens with zero attached hydrogens (tertiary/aromatic N) is 2. The average molecular weight is 341 g/mol. The Balaban J connectivity index is 1.51. The lowest BCUT2D eigenvalue weighted by Crippen LogP contribution is -2.46. The fourth-order valence-electron chi connectivity index (χ4n) is 4.47. The zero-order chi connectivity index (χ0) is 17.2. The highest BCUT2D eigenvalue weighted by Crippen LogP contribution is 2.21. The monoisotopic (exact) mass is 340 g/mol. The lowest BCUT2D eigenvalue weighted by molar-refractivity contribution is 0.0163. The maximum Gasteiger partial charge on any atom is 0.0587 e. The molecule has 1 aliphatic heterocycles. The molecule has 1 saturated carbocycles. The Bertz CT molecular complexity index is 319. The summed E-state index contributed by atoms with van der Waals surface area (Å²) in [6.07, 6.45) is 15.1. The predicted octanol–water partition coefficient (Wildman–Crippen LogP) is 3.02. The molecule has 0 spiro atoms. The van der Waals surface area contributed by atoms with E-state index < -0.39 is 0 Å². The van der Waals surface area contributed by atoms with E-state index in [-0.39, 0.29) is 18.8 Å². The van der Waals surface area contributed by atoms with Crippen molar-refractivity contribution in [1.29, 1.82) is 0 Å². The van der Waals surface area contributed by atoms with Gasteiger partial charge in [0.15, 0.2) is 0 Å². The fourth-order valence-corrected chi connectivity index (χ4v) is 4.47. The van der Waals surface area contributed by atoms with Crippen LogP contribution in [0.1, 0.15) is 77.0 Å². The molecular weight excluding hydrogens is 300 g/mol. The first-order valence-electron chi connectivity index (χ1n) is 10.4. The Hall–Kier alpha value is -0.160. The summed E-state index contributed by atoms with van der Waals surface area (Å²) in [6.45, 7) is 3.45. The SMILES string of the molecule is CN(CCCCCCN1CCC(O)CC1CO)C1CCCCCC1. The van der Waals surface area contributed by atoms with Gasteiger partial charge >= 0.3 is 0 Å². The molecule has 1 saturated heterocycles. The molecule has 2 atom stereocenters. The molecular formula is C20H40N2O2. The van der Waals surface area contributed by atoms with Gasteiger partial charge < -0.3 is 15.1 Å². The summed E-state index contributed by atoms with van der Waals surface area (Å²) in [5.74, 6) is 0. The highest BCUT2D eigenvalue weighted by Gasteiger charge is 2.26. The fraction of sp³-hybridized carbons (Fsp3) is 1.00. The van der Waals surface area contributed by atoms with Crippen molar-refractivity contribution in [3.63, 3.8) is 0 Å². The van der Waals surface area contributed by atoms with Crippen LogP contribution >= 0.6 is 0 Å². The van der Waals surface area contributed by atoms with Crippen molar-refractivity contribution >= 4 is 0 Å². The molecule has 0 aromatic carbocycles. The Morgan fingerprint density at radius 1 is 0.958 bits per heavy atom. The number of likely N-dealkylation sites (tertiary alicyclic amines) is 1. The molecule has 0 bridgehead atoms. The Kier molecular flexibility index (Phi) is 9.62. The van der Waals surface area contributed by atoms with Gasteiger partial charge in [-0.05, 0) is 58.7 Å². The second-order valence-corrected chi connectivity index (χ2v) is 8.09. The van der Waals surface area contributed by atoms with Crippen LogP contribution in [0.4, 0.5) is 0 Å². The quantitative estimate of drug-likeness (QED) is 0.500. The summed E-state index contributed by atoms with van der Waals surface area (Å²) < 4.78 is 0. The minimum atomic E-state index is -0.210. The van der Waals surface area contributed by atoms with Crippen molar-refractivity contribution in [1.82, 2.24) is 9.80 Å². The zero-order valence-corrected chi connectivity index (χ0v) is 15.8. The second kappa shape index (κ2) is 11.5. The summed E-state index contributed by atoms with van der Waals surface area (Å²) >= 11 is 0. The summed E-state index contributed by atoms with van der Waals surface area (Å²) in [4.78, 5) is 4.99. The van der Waals surface area contributed by atoms with Crippen molar-refractivity contribution in [2.75, 3.05) is 33.3 Å². The number of aliphatic hydroxyl groups is 2. The van der Waals surface area contributed by atoms with Gasteiger partial charge in [-0.2, -0.15) is 0 Å². The molecule has 0 aromatic heterocycles. The van der Waals surface area contributed by atoms with Crippen LogP contribution in [0.3, 0.4) is 0 Å². The highest BCUT2D eigenvalue weighted by atomic mass is 16.3. The molecule has 4 heteroatoms. The minimum Gasteiger partial charge on any atom is -0.395 e. The summed E-state index contributed by atoms with van der Waals surface area (Å²) in [6, 6.07) is 1.01. The van der Waals surface area contributed by atoms with Gasteiger partial charge in [0.25, 0.3) is 0 Å². The number of unbranched alkanes of at least 4 members (excludes halogenated alkanes) is 3. The Morgan fingerprint density at radius 2 is 1.67 bits per heavy atom. The van der Waals surface area contributed by atoms with Crippen LogP contribution in [-0.2, 0) is 0 Å². The van der Waals surface area contributed by atoms with Crippen molar-refractivity contribution < 1.29 is 10.2 Å². The van der Waals surface area contributed by atoms with E-state index in [1.807, 2.05) is 0 Å². The van der Waals surface area contributed by atoms with Crippen molar-refractivity contribution in [2.45, 2.75) is 95.2 Å². The predicted molar refractivity (Wildman–Crippen MR) is 100 cm³/mol. The first-order valence-corrected chi connectivity index (χ1v) is 10.4. The third-order valence-electron chi connectivity index (χ3n) is 6.18. The van der Waals surface area contributed by atoms with E-state index in [9.17, 15) is 10.2 Å². The number of hydrogen-bond acceptors (Lipinski definition) is 4. The lowest BCUT2D eigenvalue weighted by Gasteiger charge is -2.36. The molecule has 142 valence electrons. The van der Waals surface area contributed by atoms with Crippen LogP contribution in [0.25, 0.3) is 0 Å². The van der Waals surface area contributed by atoms with Gasteiger partial charge in [-0.3, -0.25) is 4.90 Å². The van der Waals surface area contributed by atoms with E-state index >= 15 is 0 Å². The van der Waals surface area contributed by atoms with Crippen LogP contribution in [-0.4, -0.2) is 71.5 Å². The van der Waals surface area contributed by atoms with Gasteiger partial charge in [-0.25, -0.2) is 0 Å². The van der Waals surface area contributed by atoms with Crippen molar-refractivity contribution in [3.05, 3.63) is 0 Å². The molecule has 0 radical (unpaired) electrons. The maximum atomic E-state index is 9.70. The normalized spacial score (nSPS) is 27.5. The van der Waals surface area contributed by atoms with Crippen LogP contribution in [0.15, 0.2) is 0 Å². The topological polar surface area (TPSA) is 46.9 Å². The zero-order valence-electron chi connectivity index (χ0n) is 15.8. The molecule has 2 aliphatic rings. The van der Waals surface area contributed by atoms with Gasteiger partial charge in [0.1, 0.15) is 0 Å². The van der Waals surface area contributed by atoms with Crippen molar-refractivity contribution in [2.24, 2.45) is 0 Å². The molecule has 0 amide bonds. The molecule has 2 N–H and O–H groups in total. The van der Waals surface area contributed by atoms with Crippen LogP contribution < -0.4 is 0 Å². The second-order valence-electron chi connectivity index (χ2n) is 8.09. The largest absolute Gasteiger partial charge is 0.395 e. The van der Waals surface area contributed by atoms with Gasteiger partial charge in [0, 0.05) is 18.6 Å². The molecule has 1 aliphatic carbocycles. The van der Waals surface area contributed by atoms with Crippen LogP contribution in [0, 0.1) is 0 Å². The van der Waals surface area contributed by atoms with Crippen LogP contribution in [0.5, 0.6) is 0 Å². The molecule has 0 aromatic rings. The van der Waals surface area contributed by atoms with Gasteiger partial charge in [0.2, 0.25) is 0 Å². The Morgan fingerprint density at radius 3 is 2.38 bits per heavy atom. The summed E-state index contributed by atoms with van der Waals surface area (Å²) in [7, 11) is 2.32. The third-order valence-corrected chi connectivity index (χ3v) is 6.18. The Labute approximate surface area is 149 Å². The summed E-state index contributed by atoms with van der Waals surface area (Å²) in [5.41, 5.74) is 0. The molecule has 4 nitrogen and oxygen atoms in total. The molecule has 2 rings (SSSR count). The minimum absolute atomic E-state index is 0.176. The number of aliphatic hydroxyl groups excluding tert-OH is 2. The number of hydrogen-bond donors (Lipinski definition) is 2. The lowest BCUT2D eigenvalue weighted by atomic mass is 9.99. The van der Waals surface area contributed by atoms with E-state index in [0.717, 1.165) is 32.0 Å². The standard InChI is InChI=1S/C20H40N2O2/c1-21(18-10-6-2-3-7-11-18)13-8-4-5-9-14-22-15-12-20(24)16-19(22)17-23/h18-20,23-24H,2-17H2,1H3. The average Bonchev–Trinajstić information content (AvgIpc) is 2.88. The van der Waals surface area contributed by atoms with Crippen molar-refractivity contribution in [3.8, 4) is 0 Å².